The maximum Gasteiger partial charge on any atom is 0.425 e. The number of aliphatic hydroxyl groups is 1. The Bertz CT molecular complexity index is 1430. The summed E-state index contributed by atoms with van der Waals surface area (Å²) in [6, 6.07) is 22.9. The molecule has 6 heteroatoms. The van der Waals surface area contributed by atoms with Crippen LogP contribution in [-0.2, 0) is 5.60 Å². The van der Waals surface area contributed by atoms with Crippen LogP contribution in [-0.4, -0.2) is 15.8 Å². The highest BCUT2D eigenvalue weighted by atomic mass is 19.4. The summed E-state index contributed by atoms with van der Waals surface area (Å²) >= 11 is 0. The lowest BCUT2D eigenvalue weighted by atomic mass is 9.82. The maximum atomic E-state index is 14.4. The largest absolute Gasteiger partial charge is 0.425 e. The van der Waals surface area contributed by atoms with Crippen molar-refractivity contribution in [3.05, 3.63) is 114 Å². The number of hydrogen-bond donors (Lipinski definition) is 1. The van der Waals surface area contributed by atoms with Crippen LogP contribution in [0.15, 0.2) is 97.2 Å². The molecule has 0 fully saturated rings. The van der Waals surface area contributed by atoms with Gasteiger partial charge in [-0.3, -0.25) is 0 Å². The summed E-state index contributed by atoms with van der Waals surface area (Å²) in [5.41, 5.74) is -2.37. The van der Waals surface area contributed by atoms with E-state index in [-0.39, 0.29) is 16.9 Å². The van der Waals surface area contributed by atoms with E-state index >= 15 is 0 Å². The third kappa shape index (κ3) is 3.07. The van der Waals surface area contributed by atoms with E-state index in [0.717, 1.165) is 0 Å². The summed E-state index contributed by atoms with van der Waals surface area (Å²) in [6.45, 7) is 0. The molecule has 1 N–H and O–H groups in total. The summed E-state index contributed by atoms with van der Waals surface area (Å²) in [5.74, 6) is -0.377. The molecular formula is C26H17F4NO. The molecule has 0 aliphatic heterocycles. The molecule has 0 saturated carbocycles. The van der Waals surface area contributed by atoms with Crippen LogP contribution in [0.3, 0.4) is 0 Å². The molecule has 1 atom stereocenters. The third-order valence-corrected chi connectivity index (χ3v) is 5.80. The minimum atomic E-state index is -4.95. The van der Waals surface area contributed by atoms with Gasteiger partial charge in [-0.05, 0) is 58.8 Å². The van der Waals surface area contributed by atoms with Crippen LogP contribution in [0.25, 0.3) is 27.4 Å². The Morgan fingerprint density at radius 1 is 0.719 bits per heavy atom. The minimum Gasteiger partial charge on any atom is -0.372 e. The normalized spacial score (nSPS) is 14.0. The van der Waals surface area contributed by atoms with Crippen molar-refractivity contribution < 1.29 is 22.7 Å². The Hall–Kier alpha value is -3.64. The summed E-state index contributed by atoms with van der Waals surface area (Å²) in [4.78, 5) is 0. The molecule has 2 nitrogen and oxygen atoms in total. The average Bonchev–Trinajstić information content (AvgIpc) is 3.21. The van der Waals surface area contributed by atoms with E-state index in [4.69, 9.17) is 0 Å². The summed E-state index contributed by atoms with van der Waals surface area (Å²) in [5, 5.41) is 12.7. The fourth-order valence-electron chi connectivity index (χ4n) is 4.21. The Morgan fingerprint density at radius 3 is 2.19 bits per heavy atom. The Labute approximate surface area is 181 Å². The molecule has 160 valence electrons. The van der Waals surface area contributed by atoms with Crippen molar-refractivity contribution in [1.29, 1.82) is 0 Å². The lowest BCUT2D eigenvalue weighted by Gasteiger charge is -2.32. The predicted molar refractivity (Wildman–Crippen MR) is 116 cm³/mol. The van der Waals surface area contributed by atoms with Gasteiger partial charge >= 0.3 is 6.18 Å². The van der Waals surface area contributed by atoms with Gasteiger partial charge in [0.2, 0.25) is 5.60 Å². The lowest BCUT2D eigenvalue weighted by molar-refractivity contribution is -0.247. The summed E-state index contributed by atoms with van der Waals surface area (Å²) < 4.78 is 58.3. The zero-order valence-electron chi connectivity index (χ0n) is 16.6. The van der Waals surface area contributed by atoms with Gasteiger partial charge in [-0.25, -0.2) is 4.39 Å². The van der Waals surface area contributed by atoms with Crippen LogP contribution in [0.2, 0.25) is 0 Å². The predicted octanol–water partition coefficient (Wildman–Crippen LogP) is 6.72. The van der Waals surface area contributed by atoms with E-state index in [1.165, 1.54) is 42.5 Å². The Kier molecular flexibility index (Phi) is 4.57. The number of rotatable bonds is 3. The highest BCUT2D eigenvalue weighted by Crippen LogP contribution is 2.47. The van der Waals surface area contributed by atoms with Gasteiger partial charge in [0.25, 0.3) is 0 Å². The molecule has 0 bridgehead atoms. The van der Waals surface area contributed by atoms with E-state index in [2.05, 4.69) is 0 Å². The molecule has 32 heavy (non-hydrogen) atoms. The molecule has 5 aromatic rings. The molecule has 1 unspecified atom stereocenters. The number of halogens is 4. The molecule has 0 spiro atoms. The minimum absolute atomic E-state index is 0.222. The van der Waals surface area contributed by atoms with E-state index in [9.17, 15) is 22.7 Å². The summed E-state index contributed by atoms with van der Waals surface area (Å²) in [6.07, 6.45) is -3.25. The molecule has 0 saturated heterocycles. The fraction of sp³-hybridized carbons (Fsp3) is 0.0769. The van der Waals surface area contributed by atoms with E-state index < -0.39 is 11.8 Å². The highest BCUT2D eigenvalue weighted by Gasteiger charge is 2.56. The first kappa shape index (κ1) is 20.3. The monoisotopic (exact) mass is 435 g/mol. The van der Waals surface area contributed by atoms with Crippen molar-refractivity contribution in [2.24, 2.45) is 0 Å². The van der Waals surface area contributed by atoms with Crippen molar-refractivity contribution in [2.75, 3.05) is 0 Å². The van der Waals surface area contributed by atoms with Gasteiger partial charge in [0, 0.05) is 22.8 Å². The molecule has 4 aromatic carbocycles. The molecule has 5 rings (SSSR count). The fourth-order valence-corrected chi connectivity index (χ4v) is 4.21. The number of hydrogen-bond acceptors (Lipinski definition) is 1. The number of benzene rings is 4. The Balaban J connectivity index is 1.71. The van der Waals surface area contributed by atoms with Crippen LogP contribution in [0, 0.1) is 5.82 Å². The lowest BCUT2D eigenvalue weighted by Crippen LogP contribution is -2.43. The maximum absolute atomic E-state index is 14.4. The molecule has 1 heterocycles. The zero-order valence-corrected chi connectivity index (χ0v) is 16.6. The van der Waals surface area contributed by atoms with Crippen LogP contribution >= 0.6 is 0 Å². The number of nitrogens with zero attached hydrogens (tertiary/aromatic N) is 1. The van der Waals surface area contributed by atoms with Crippen molar-refractivity contribution in [3.63, 3.8) is 0 Å². The first-order valence-electron chi connectivity index (χ1n) is 9.94. The van der Waals surface area contributed by atoms with Crippen molar-refractivity contribution in [3.8, 4) is 5.69 Å². The first-order chi connectivity index (χ1) is 15.3. The standard InChI is InChI=1S/C26H17F4NO/c27-20-9-11-21(12-10-20)31-15-14-18-16-19(8-13-24(18)31)25(32,26(28,29)30)23-7-3-5-17-4-1-2-6-22(17)23/h1-16,32H. The SMILES string of the molecule is OC(c1ccc2c(ccn2-c2ccc(F)cc2)c1)(c1cccc2ccccc12)C(F)(F)F. The third-order valence-electron chi connectivity index (χ3n) is 5.80. The number of aromatic nitrogens is 1. The molecular weight excluding hydrogens is 418 g/mol. The van der Waals surface area contributed by atoms with Crippen LogP contribution < -0.4 is 0 Å². The molecule has 0 aliphatic rings. The first-order valence-corrected chi connectivity index (χ1v) is 9.94. The van der Waals surface area contributed by atoms with Crippen LogP contribution in [0.5, 0.6) is 0 Å². The van der Waals surface area contributed by atoms with Crippen molar-refractivity contribution in [1.82, 2.24) is 4.57 Å². The average molecular weight is 435 g/mol. The van der Waals surface area contributed by atoms with Gasteiger partial charge in [-0.15, -0.1) is 0 Å². The van der Waals surface area contributed by atoms with Crippen LogP contribution in [0.4, 0.5) is 17.6 Å². The Morgan fingerprint density at radius 2 is 1.44 bits per heavy atom. The van der Waals surface area contributed by atoms with Crippen molar-refractivity contribution >= 4 is 21.7 Å². The van der Waals surface area contributed by atoms with Crippen molar-refractivity contribution in [2.45, 2.75) is 11.8 Å². The second-order valence-electron chi connectivity index (χ2n) is 7.67. The van der Waals surface area contributed by atoms with Gasteiger partial charge in [0.1, 0.15) is 5.82 Å². The topological polar surface area (TPSA) is 25.2 Å². The van der Waals surface area contributed by atoms with Crippen LogP contribution in [0.1, 0.15) is 11.1 Å². The molecule has 0 aliphatic carbocycles. The van der Waals surface area contributed by atoms with E-state index in [1.807, 2.05) is 0 Å². The van der Waals surface area contributed by atoms with Gasteiger partial charge < -0.3 is 9.67 Å². The summed E-state index contributed by atoms with van der Waals surface area (Å²) in [7, 11) is 0. The highest BCUT2D eigenvalue weighted by molar-refractivity contribution is 5.88. The van der Waals surface area contributed by atoms with Gasteiger partial charge in [-0.2, -0.15) is 13.2 Å². The van der Waals surface area contributed by atoms with E-state index in [0.29, 0.717) is 27.4 Å². The van der Waals surface area contributed by atoms with Gasteiger partial charge in [0.15, 0.2) is 0 Å². The van der Waals surface area contributed by atoms with Gasteiger partial charge in [-0.1, -0.05) is 48.5 Å². The van der Waals surface area contributed by atoms with Gasteiger partial charge in [0.05, 0.1) is 5.52 Å². The number of fused-ring (bicyclic) bond motifs is 2. The second-order valence-corrected chi connectivity index (χ2v) is 7.67. The number of alkyl halides is 3. The second kappa shape index (κ2) is 7.21. The molecule has 1 aromatic heterocycles. The van der Waals surface area contributed by atoms with E-state index in [1.54, 1.807) is 59.3 Å². The quantitative estimate of drug-likeness (QED) is 0.313. The molecule has 0 amide bonds. The molecule has 0 radical (unpaired) electrons. The zero-order chi connectivity index (χ0) is 22.5. The smallest absolute Gasteiger partial charge is 0.372 e.